The van der Waals surface area contributed by atoms with Crippen molar-refractivity contribution in [1.29, 1.82) is 0 Å². The normalized spacial score (nSPS) is 16.7. The fraction of sp³-hybridized carbons (Fsp3) is 0.452. The summed E-state index contributed by atoms with van der Waals surface area (Å²) in [6.45, 7) is 3.96. The largest absolute Gasteiger partial charge is 0.457 e. The number of para-hydroxylation sites is 1. The van der Waals surface area contributed by atoms with Gasteiger partial charge in [-0.15, -0.1) is 12.4 Å². The highest BCUT2D eigenvalue weighted by Crippen LogP contribution is 2.40. The summed E-state index contributed by atoms with van der Waals surface area (Å²) in [4.78, 5) is 27.4. The van der Waals surface area contributed by atoms with Gasteiger partial charge in [0.25, 0.3) is 5.91 Å². The van der Waals surface area contributed by atoms with Crippen molar-refractivity contribution < 1.29 is 19.1 Å². The minimum Gasteiger partial charge on any atom is -0.457 e. The van der Waals surface area contributed by atoms with E-state index in [4.69, 9.17) is 26.0 Å². The van der Waals surface area contributed by atoms with E-state index in [0.29, 0.717) is 54.9 Å². The van der Waals surface area contributed by atoms with E-state index in [1.165, 1.54) is 0 Å². The molecule has 226 valence electrons. The average Bonchev–Trinajstić information content (AvgIpc) is 3.40. The van der Waals surface area contributed by atoms with Crippen LogP contribution in [0.15, 0.2) is 54.6 Å². The van der Waals surface area contributed by atoms with Crippen LogP contribution >= 0.6 is 12.4 Å². The number of rotatable bonds is 12. The number of ether oxygens (including phenoxy) is 2. The van der Waals surface area contributed by atoms with E-state index in [-0.39, 0.29) is 24.4 Å². The quantitative estimate of drug-likeness (QED) is 0.260. The van der Waals surface area contributed by atoms with Gasteiger partial charge in [-0.25, -0.2) is 4.68 Å². The van der Waals surface area contributed by atoms with E-state index in [9.17, 15) is 9.59 Å². The molecule has 3 aromatic rings. The number of nitrogens with two attached hydrogens (primary N) is 2. The fourth-order valence-electron chi connectivity index (χ4n) is 5.84. The Morgan fingerprint density at radius 3 is 2.36 bits per heavy atom. The Hall–Kier alpha value is -3.60. The Kier molecular flexibility index (Phi) is 11.2. The minimum absolute atomic E-state index is 0. The zero-order valence-corrected chi connectivity index (χ0v) is 24.7. The van der Waals surface area contributed by atoms with E-state index in [0.717, 1.165) is 63.1 Å². The number of primary amides is 1. The maximum Gasteiger partial charge on any atom is 0.254 e. The molecular formula is C31H41ClN6O4. The SMILES string of the molecule is Cl.NCCOCCCCC(=O)N1CCC([C@@H]2CCNc3c(C(N)=O)c(-c4ccc(Oc5ccccc5)cc4)nn32)CC1. The van der Waals surface area contributed by atoms with Crippen LogP contribution in [0.5, 0.6) is 11.5 Å². The Balaban J connectivity index is 0.00000405. The fourth-order valence-corrected chi connectivity index (χ4v) is 5.84. The minimum atomic E-state index is -0.507. The van der Waals surface area contributed by atoms with Gasteiger partial charge in [0.2, 0.25) is 5.91 Å². The molecule has 0 radical (unpaired) electrons. The number of benzene rings is 2. The standard InChI is InChI=1S/C31H40N6O4.ClH/c32-16-21-40-20-5-4-8-27(38)36-18-14-22(15-19-36)26-13-17-34-31-28(30(33)39)29(35-37(26)31)23-9-11-25(12-10-23)41-24-6-2-1-3-7-24;/h1-3,6-7,9-12,22,26,34H,4-5,8,13-21,32H2,(H2,33,39);1H/t26-;/m0./s1. The molecule has 2 amide bonds. The van der Waals surface area contributed by atoms with Crippen LogP contribution in [-0.2, 0) is 9.53 Å². The summed E-state index contributed by atoms with van der Waals surface area (Å²) in [5.74, 6) is 2.20. The van der Waals surface area contributed by atoms with Crippen molar-refractivity contribution in [1.82, 2.24) is 14.7 Å². The van der Waals surface area contributed by atoms with Gasteiger partial charge in [-0.2, -0.15) is 5.10 Å². The van der Waals surface area contributed by atoms with Crippen LogP contribution in [0.2, 0.25) is 0 Å². The summed E-state index contributed by atoms with van der Waals surface area (Å²) in [5.41, 5.74) is 13.1. The molecule has 1 atom stereocenters. The molecule has 10 nitrogen and oxygen atoms in total. The molecule has 42 heavy (non-hydrogen) atoms. The molecule has 0 unspecified atom stereocenters. The van der Waals surface area contributed by atoms with Gasteiger partial charge in [-0.3, -0.25) is 9.59 Å². The predicted molar refractivity (Wildman–Crippen MR) is 165 cm³/mol. The molecule has 2 aliphatic rings. The third kappa shape index (κ3) is 7.42. The molecule has 11 heteroatoms. The zero-order valence-electron chi connectivity index (χ0n) is 23.9. The number of piperidine rings is 1. The van der Waals surface area contributed by atoms with Crippen molar-refractivity contribution >= 4 is 30.0 Å². The van der Waals surface area contributed by atoms with Crippen LogP contribution in [-0.4, -0.2) is 65.9 Å². The summed E-state index contributed by atoms with van der Waals surface area (Å²) in [6, 6.07) is 17.3. The third-order valence-corrected chi connectivity index (χ3v) is 7.94. The first-order chi connectivity index (χ1) is 20.0. The second-order valence-electron chi connectivity index (χ2n) is 10.7. The Morgan fingerprint density at radius 1 is 0.952 bits per heavy atom. The third-order valence-electron chi connectivity index (χ3n) is 7.94. The molecule has 0 spiro atoms. The first kappa shape index (κ1) is 31.3. The molecule has 0 aliphatic carbocycles. The summed E-state index contributed by atoms with van der Waals surface area (Å²) in [5, 5.41) is 8.33. The maximum atomic E-state index is 12.8. The first-order valence-electron chi connectivity index (χ1n) is 14.6. The number of halogens is 1. The molecular weight excluding hydrogens is 556 g/mol. The van der Waals surface area contributed by atoms with Crippen molar-refractivity contribution in [2.45, 2.75) is 44.6 Å². The van der Waals surface area contributed by atoms with Gasteiger partial charge in [-0.05, 0) is 74.4 Å². The van der Waals surface area contributed by atoms with Gasteiger partial charge in [0.05, 0.1) is 12.6 Å². The van der Waals surface area contributed by atoms with Gasteiger partial charge >= 0.3 is 0 Å². The van der Waals surface area contributed by atoms with Gasteiger partial charge in [-0.1, -0.05) is 18.2 Å². The number of nitrogens with zero attached hydrogens (tertiary/aromatic N) is 3. The van der Waals surface area contributed by atoms with Crippen LogP contribution in [0.4, 0.5) is 5.82 Å². The highest BCUT2D eigenvalue weighted by Gasteiger charge is 2.35. The average molecular weight is 597 g/mol. The van der Waals surface area contributed by atoms with Crippen molar-refractivity contribution in [3.63, 3.8) is 0 Å². The number of fused-ring (bicyclic) bond motifs is 1. The lowest BCUT2D eigenvalue weighted by atomic mass is 9.86. The summed E-state index contributed by atoms with van der Waals surface area (Å²) >= 11 is 0. The monoisotopic (exact) mass is 596 g/mol. The van der Waals surface area contributed by atoms with Gasteiger partial charge in [0.15, 0.2) is 0 Å². The number of anilines is 1. The van der Waals surface area contributed by atoms with E-state index >= 15 is 0 Å². The molecule has 5 N–H and O–H groups in total. The molecule has 1 aromatic heterocycles. The van der Waals surface area contributed by atoms with Crippen LogP contribution in [0.1, 0.15) is 54.9 Å². The van der Waals surface area contributed by atoms with Crippen molar-refractivity contribution in [2.24, 2.45) is 17.4 Å². The number of hydrogen-bond donors (Lipinski definition) is 3. The lowest BCUT2D eigenvalue weighted by molar-refractivity contribution is -0.133. The Labute approximate surface area is 253 Å². The highest BCUT2D eigenvalue weighted by molar-refractivity contribution is 6.03. The van der Waals surface area contributed by atoms with Crippen molar-refractivity contribution in [2.75, 3.05) is 44.7 Å². The number of hydrogen-bond acceptors (Lipinski definition) is 7. The maximum absolute atomic E-state index is 12.8. The van der Waals surface area contributed by atoms with E-state index in [1.807, 2.05) is 64.2 Å². The van der Waals surface area contributed by atoms with Gasteiger partial charge in [0.1, 0.15) is 28.6 Å². The van der Waals surface area contributed by atoms with Gasteiger partial charge in [0, 0.05) is 44.8 Å². The molecule has 1 fully saturated rings. The highest BCUT2D eigenvalue weighted by atomic mass is 35.5. The summed E-state index contributed by atoms with van der Waals surface area (Å²) < 4.78 is 13.3. The van der Waals surface area contributed by atoms with E-state index < -0.39 is 5.91 Å². The number of nitrogens with one attached hydrogen (secondary N) is 1. The predicted octanol–water partition coefficient (Wildman–Crippen LogP) is 4.60. The summed E-state index contributed by atoms with van der Waals surface area (Å²) in [7, 11) is 0. The molecule has 2 aliphatic heterocycles. The molecule has 1 saturated heterocycles. The molecule has 0 bridgehead atoms. The Bertz CT molecular complexity index is 1310. The number of aromatic nitrogens is 2. The number of amides is 2. The first-order valence-corrected chi connectivity index (χ1v) is 14.6. The zero-order chi connectivity index (χ0) is 28.6. The van der Waals surface area contributed by atoms with Crippen LogP contribution in [0.3, 0.4) is 0 Å². The summed E-state index contributed by atoms with van der Waals surface area (Å²) in [6.07, 6.45) is 4.95. The second kappa shape index (κ2) is 15.0. The Morgan fingerprint density at radius 2 is 1.67 bits per heavy atom. The molecule has 5 rings (SSSR count). The van der Waals surface area contributed by atoms with E-state index in [1.54, 1.807) is 0 Å². The topological polar surface area (TPSA) is 138 Å². The lowest BCUT2D eigenvalue weighted by Gasteiger charge is -2.38. The number of likely N-dealkylation sites (tertiary alicyclic amines) is 1. The molecule has 2 aromatic carbocycles. The second-order valence-corrected chi connectivity index (χ2v) is 10.7. The van der Waals surface area contributed by atoms with Crippen LogP contribution in [0.25, 0.3) is 11.3 Å². The van der Waals surface area contributed by atoms with Crippen LogP contribution < -0.4 is 21.5 Å². The number of carbonyl (C=O) groups excluding carboxylic acids is 2. The molecule has 3 heterocycles. The van der Waals surface area contributed by atoms with Crippen molar-refractivity contribution in [3.05, 3.63) is 60.2 Å². The van der Waals surface area contributed by atoms with Gasteiger partial charge < -0.3 is 31.2 Å². The van der Waals surface area contributed by atoms with Crippen molar-refractivity contribution in [3.8, 4) is 22.8 Å². The number of carbonyl (C=O) groups is 2. The smallest absolute Gasteiger partial charge is 0.254 e. The number of unbranched alkanes of at least 4 members (excludes halogenated alkanes) is 1. The molecule has 0 saturated carbocycles. The lowest BCUT2D eigenvalue weighted by Crippen LogP contribution is -2.41. The van der Waals surface area contributed by atoms with E-state index in [2.05, 4.69) is 5.32 Å². The van der Waals surface area contributed by atoms with Crippen LogP contribution in [0, 0.1) is 5.92 Å².